The third kappa shape index (κ3) is 4.90. The van der Waals surface area contributed by atoms with E-state index in [1.54, 1.807) is 33.1 Å². The van der Waals surface area contributed by atoms with Gasteiger partial charge in [0.1, 0.15) is 5.82 Å². The summed E-state index contributed by atoms with van der Waals surface area (Å²) in [5, 5.41) is 2.62. The molecule has 0 aromatic heterocycles. The molecule has 0 saturated heterocycles. The standard InChI is InChI=1S/C15H23FN2O2/c1-11-6-7-14(13(16)10-11)17-15(19)12(2)18(3)8-5-9-20-4/h6-7,10,12H,5,8-9H2,1-4H3,(H,17,19). The molecular formula is C15H23FN2O2. The number of nitrogens with zero attached hydrogens (tertiary/aromatic N) is 1. The van der Waals surface area contributed by atoms with Crippen LogP contribution < -0.4 is 5.32 Å². The molecule has 1 rings (SSSR count). The van der Waals surface area contributed by atoms with Crippen LogP contribution in [0.1, 0.15) is 18.9 Å². The van der Waals surface area contributed by atoms with E-state index in [-0.39, 0.29) is 17.6 Å². The summed E-state index contributed by atoms with van der Waals surface area (Å²) in [6.07, 6.45) is 0.851. The zero-order valence-electron chi connectivity index (χ0n) is 12.6. The van der Waals surface area contributed by atoms with Crippen molar-refractivity contribution in [3.05, 3.63) is 29.6 Å². The molecule has 1 aromatic rings. The number of carbonyl (C=O) groups excluding carboxylic acids is 1. The average Bonchev–Trinajstić information content (AvgIpc) is 2.41. The third-order valence-electron chi connectivity index (χ3n) is 3.28. The van der Waals surface area contributed by atoms with Crippen molar-refractivity contribution >= 4 is 11.6 Å². The highest BCUT2D eigenvalue weighted by Gasteiger charge is 2.18. The van der Waals surface area contributed by atoms with Gasteiger partial charge in [0.2, 0.25) is 5.91 Å². The Bertz CT molecular complexity index is 451. The summed E-state index contributed by atoms with van der Waals surface area (Å²) in [5.74, 6) is -0.625. The Kier molecular flexibility index (Phi) is 6.61. The molecule has 0 bridgehead atoms. The molecule has 1 atom stereocenters. The first-order chi connectivity index (χ1) is 9.45. The van der Waals surface area contributed by atoms with E-state index < -0.39 is 5.82 Å². The lowest BCUT2D eigenvalue weighted by Gasteiger charge is -2.23. The maximum absolute atomic E-state index is 13.7. The summed E-state index contributed by atoms with van der Waals surface area (Å²) in [6, 6.07) is 4.43. The predicted octanol–water partition coefficient (Wildman–Crippen LogP) is 2.43. The Morgan fingerprint density at radius 3 is 2.80 bits per heavy atom. The molecule has 112 valence electrons. The highest BCUT2D eigenvalue weighted by molar-refractivity contribution is 5.94. The smallest absolute Gasteiger partial charge is 0.241 e. The Morgan fingerprint density at radius 1 is 1.50 bits per heavy atom. The summed E-state index contributed by atoms with van der Waals surface area (Å²) < 4.78 is 18.7. The summed E-state index contributed by atoms with van der Waals surface area (Å²) in [7, 11) is 3.52. The zero-order chi connectivity index (χ0) is 15.1. The first-order valence-electron chi connectivity index (χ1n) is 6.72. The van der Waals surface area contributed by atoms with Gasteiger partial charge in [-0.1, -0.05) is 6.07 Å². The van der Waals surface area contributed by atoms with Gasteiger partial charge in [0.05, 0.1) is 11.7 Å². The number of nitrogens with one attached hydrogen (secondary N) is 1. The summed E-state index contributed by atoms with van der Waals surface area (Å²) in [5.41, 5.74) is 1.04. The second-order valence-corrected chi connectivity index (χ2v) is 4.98. The minimum Gasteiger partial charge on any atom is -0.385 e. The van der Waals surface area contributed by atoms with E-state index in [0.29, 0.717) is 6.61 Å². The van der Waals surface area contributed by atoms with Crippen LogP contribution in [0.2, 0.25) is 0 Å². The second-order valence-electron chi connectivity index (χ2n) is 4.98. The van der Waals surface area contributed by atoms with Gasteiger partial charge < -0.3 is 10.1 Å². The van der Waals surface area contributed by atoms with Crippen LogP contribution in [0.25, 0.3) is 0 Å². The van der Waals surface area contributed by atoms with Crippen LogP contribution in [0.3, 0.4) is 0 Å². The number of carbonyl (C=O) groups is 1. The lowest BCUT2D eigenvalue weighted by atomic mass is 10.2. The molecule has 1 amide bonds. The van der Waals surface area contributed by atoms with E-state index in [9.17, 15) is 9.18 Å². The number of anilines is 1. The molecule has 0 aliphatic rings. The lowest BCUT2D eigenvalue weighted by Crippen LogP contribution is -2.40. The molecule has 0 aliphatic carbocycles. The van der Waals surface area contributed by atoms with Gasteiger partial charge in [0.15, 0.2) is 0 Å². The van der Waals surface area contributed by atoms with Crippen molar-refractivity contribution < 1.29 is 13.9 Å². The van der Waals surface area contributed by atoms with E-state index in [1.165, 1.54) is 6.07 Å². The normalized spacial score (nSPS) is 12.5. The van der Waals surface area contributed by atoms with Crippen molar-refractivity contribution in [3.63, 3.8) is 0 Å². The van der Waals surface area contributed by atoms with Crippen LogP contribution in [0.4, 0.5) is 10.1 Å². The van der Waals surface area contributed by atoms with E-state index in [2.05, 4.69) is 5.32 Å². The highest BCUT2D eigenvalue weighted by Crippen LogP contribution is 2.16. The molecule has 4 nitrogen and oxygen atoms in total. The molecule has 0 fully saturated rings. The largest absolute Gasteiger partial charge is 0.385 e. The molecule has 5 heteroatoms. The van der Waals surface area contributed by atoms with Crippen molar-refractivity contribution in [2.75, 3.05) is 32.6 Å². The van der Waals surface area contributed by atoms with E-state index in [0.717, 1.165) is 18.5 Å². The number of halogens is 1. The number of methoxy groups -OCH3 is 1. The first-order valence-corrected chi connectivity index (χ1v) is 6.72. The number of amides is 1. The Hall–Kier alpha value is -1.46. The van der Waals surface area contributed by atoms with Crippen LogP contribution in [0.5, 0.6) is 0 Å². The number of likely N-dealkylation sites (N-methyl/N-ethyl adjacent to an activating group) is 1. The first kappa shape index (κ1) is 16.6. The zero-order valence-corrected chi connectivity index (χ0v) is 12.6. The van der Waals surface area contributed by atoms with Gasteiger partial charge in [0, 0.05) is 20.3 Å². The van der Waals surface area contributed by atoms with Gasteiger partial charge in [-0.15, -0.1) is 0 Å². The van der Waals surface area contributed by atoms with Crippen LogP contribution in [0.15, 0.2) is 18.2 Å². The molecule has 0 spiro atoms. The van der Waals surface area contributed by atoms with Gasteiger partial charge in [0.25, 0.3) is 0 Å². The number of rotatable bonds is 7. The quantitative estimate of drug-likeness (QED) is 0.781. The molecule has 1 N–H and O–H groups in total. The lowest BCUT2D eigenvalue weighted by molar-refractivity contribution is -0.120. The van der Waals surface area contributed by atoms with Crippen molar-refractivity contribution in [1.82, 2.24) is 4.90 Å². The molecule has 1 aromatic carbocycles. The van der Waals surface area contributed by atoms with Crippen LogP contribution in [-0.4, -0.2) is 44.2 Å². The average molecular weight is 282 g/mol. The molecule has 20 heavy (non-hydrogen) atoms. The SMILES string of the molecule is COCCCN(C)C(C)C(=O)Nc1ccc(C)cc1F. The molecule has 0 saturated carbocycles. The van der Waals surface area contributed by atoms with Gasteiger partial charge in [-0.25, -0.2) is 4.39 Å². The number of aryl methyl sites for hydroxylation is 1. The van der Waals surface area contributed by atoms with E-state index in [4.69, 9.17) is 4.74 Å². The molecule has 1 unspecified atom stereocenters. The van der Waals surface area contributed by atoms with Crippen LogP contribution in [-0.2, 0) is 9.53 Å². The van der Waals surface area contributed by atoms with Gasteiger partial charge in [-0.2, -0.15) is 0 Å². The maximum atomic E-state index is 13.7. The monoisotopic (exact) mass is 282 g/mol. The predicted molar refractivity (Wildman–Crippen MR) is 78.4 cm³/mol. The number of hydrogen-bond acceptors (Lipinski definition) is 3. The summed E-state index contributed by atoms with van der Waals surface area (Å²) >= 11 is 0. The fourth-order valence-corrected chi connectivity index (χ4v) is 1.81. The van der Waals surface area contributed by atoms with E-state index in [1.807, 2.05) is 11.9 Å². The minimum atomic E-state index is -0.410. The third-order valence-corrected chi connectivity index (χ3v) is 3.28. The second kappa shape index (κ2) is 7.97. The number of ether oxygens (including phenoxy) is 1. The van der Waals surface area contributed by atoms with Crippen molar-refractivity contribution in [2.24, 2.45) is 0 Å². The van der Waals surface area contributed by atoms with Gasteiger partial charge in [-0.3, -0.25) is 9.69 Å². The van der Waals surface area contributed by atoms with Gasteiger partial charge in [-0.05, 0) is 45.0 Å². The highest BCUT2D eigenvalue weighted by atomic mass is 19.1. The van der Waals surface area contributed by atoms with Crippen molar-refractivity contribution in [2.45, 2.75) is 26.3 Å². The number of hydrogen-bond donors (Lipinski definition) is 1. The topological polar surface area (TPSA) is 41.6 Å². The Labute approximate surface area is 119 Å². The van der Waals surface area contributed by atoms with Crippen molar-refractivity contribution in [3.8, 4) is 0 Å². The van der Waals surface area contributed by atoms with Crippen LogP contribution >= 0.6 is 0 Å². The summed E-state index contributed by atoms with van der Waals surface area (Å²) in [4.78, 5) is 14.0. The molecule has 0 radical (unpaired) electrons. The van der Waals surface area contributed by atoms with Crippen molar-refractivity contribution in [1.29, 1.82) is 0 Å². The minimum absolute atomic E-state index is 0.215. The fourth-order valence-electron chi connectivity index (χ4n) is 1.81. The fraction of sp³-hybridized carbons (Fsp3) is 0.533. The summed E-state index contributed by atoms with van der Waals surface area (Å²) in [6.45, 7) is 5.01. The molecule has 0 heterocycles. The van der Waals surface area contributed by atoms with E-state index >= 15 is 0 Å². The molecular weight excluding hydrogens is 259 g/mol. The number of benzene rings is 1. The van der Waals surface area contributed by atoms with Gasteiger partial charge >= 0.3 is 0 Å². The Morgan fingerprint density at radius 2 is 2.20 bits per heavy atom. The maximum Gasteiger partial charge on any atom is 0.241 e. The molecule has 0 aliphatic heterocycles. The Balaban J connectivity index is 2.56. The van der Waals surface area contributed by atoms with Crippen LogP contribution in [0, 0.1) is 12.7 Å².